The molecule has 1 aliphatic carbocycles. The fourth-order valence-corrected chi connectivity index (χ4v) is 3.25. The van der Waals surface area contributed by atoms with Gasteiger partial charge in [-0.05, 0) is 42.0 Å². The Kier molecular flexibility index (Phi) is 7.42. The van der Waals surface area contributed by atoms with Crippen LogP contribution in [0.1, 0.15) is 38.7 Å². The Morgan fingerprint density at radius 1 is 1.26 bits per heavy atom. The number of nitrogens with one attached hydrogen (secondary N) is 1. The van der Waals surface area contributed by atoms with Crippen molar-refractivity contribution in [2.24, 2.45) is 11.8 Å². The normalized spacial score (nSPS) is 22.4. The average molecular weight is 370 g/mol. The fraction of sp³-hybridized carbons (Fsp3) is 0.476. The molecule has 2 rings (SSSR count). The van der Waals surface area contributed by atoms with Crippen molar-refractivity contribution in [1.29, 1.82) is 5.26 Å². The van der Waals surface area contributed by atoms with Crippen LogP contribution in [0.25, 0.3) is 6.08 Å². The lowest BCUT2D eigenvalue weighted by Gasteiger charge is -2.34. The van der Waals surface area contributed by atoms with E-state index in [1.807, 2.05) is 6.07 Å². The lowest BCUT2D eigenvalue weighted by molar-refractivity contribution is -0.144. The van der Waals surface area contributed by atoms with Crippen molar-refractivity contribution in [2.75, 3.05) is 13.7 Å². The van der Waals surface area contributed by atoms with E-state index >= 15 is 0 Å². The van der Waals surface area contributed by atoms with Gasteiger partial charge in [0.2, 0.25) is 0 Å². The largest absolute Gasteiger partial charge is 0.497 e. The van der Waals surface area contributed by atoms with Crippen LogP contribution in [0.15, 0.2) is 29.8 Å². The zero-order valence-corrected chi connectivity index (χ0v) is 16.0. The number of ether oxygens (including phenoxy) is 2. The first-order chi connectivity index (χ1) is 12.9. The van der Waals surface area contributed by atoms with Gasteiger partial charge in [0.25, 0.3) is 5.91 Å². The summed E-state index contributed by atoms with van der Waals surface area (Å²) in [6.45, 7) is 3.93. The Bertz CT molecular complexity index is 734. The van der Waals surface area contributed by atoms with Gasteiger partial charge >= 0.3 is 5.97 Å². The number of carbonyl (C=O) groups excluding carboxylic acids is 2. The van der Waals surface area contributed by atoms with E-state index in [0.29, 0.717) is 23.1 Å². The number of carbonyl (C=O) groups is 2. The van der Waals surface area contributed by atoms with Crippen LogP contribution in [0.4, 0.5) is 0 Å². The molecule has 0 bridgehead atoms. The standard InChI is InChI=1S/C21H26N2O4/c1-14-5-4-6-19(15(14)2)23-20(24)13-27-21(25)17(12-22)11-16-7-9-18(26-3)10-8-16/h7-11,14-15,19H,4-6,13H2,1-3H3,(H,23,24)/b17-11+/t14-,15-,19+/m1/s1. The zero-order valence-electron chi connectivity index (χ0n) is 16.0. The van der Waals surface area contributed by atoms with E-state index in [0.717, 1.165) is 12.8 Å². The Labute approximate surface area is 160 Å². The second kappa shape index (κ2) is 9.77. The molecule has 1 aromatic carbocycles. The molecule has 6 heteroatoms. The first-order valence-corrected chi connectivity index (χ1v) is 9.17. The number of methoxy groups -OCH3 is 1. The van der Waals surface area contributed by atoms with Gasteiger partial charge in [0.05, 0.1) is 7.11 Å². The van der Waals surface area contributed by atoms with Crippen LogP contribution in [0.5, 0.6) is 5.75 Å². The summed E-state index contributed by atoms with van der Waals surface area (Å²) >= 11 is 0. The summed E-state index contributed by atoms with van der Waals surface area (Å²) in [6.07, 6.45) is 4.61. The molecule has 1 saturated carbocycles. The Balaban J connectivity index is 1.89. The minimum absolute atomic E-state index is 0.102. The third-order valence-corrected chi connectivity index (χ3v) is 5.15. The molecule has 6 nitrogen and oxygen atoms in total. The molecule has 1 aromatic rings. The van der Waals surface area contributed by atoms with Gasteiger partial charge in [-0.15, -0.1) is 0 Å². The molecule has 3 atom stereocenters. The molecule has 1 aliphatic rings. The monoisotopic (exact) mass is 370 g/mol. The molecule has 0 saturated heterocycles. The molecule has 0 heterocycles. The van der Waals surface area contributed by atoms with Crippen LogP contribution in [0, 0.1) is 23.2 Å². The van der Waals surface area contributed by atoms with Gasteiger partial charge in [0.15, 0.2) is 6.61 Å². The lowest BCUT2D eigenvalue weighted by Crippen LogP contribution is -2.45. The highest BCUT2D eigenvalue weighted by Gasteiger charge is 2.28. The summed E-state index contributed by atoms with van der Waals surface area (Å²) in [6, 6.07) is 8.83. The topological polar surface area (TPSA) is 88.4 Å². The number of rotatable bonds is 6. The van der Waals surface area contributed by atoms with Gasteiger partial charge in [-0.25, -0.2) is 4.79 Å². The van der Waals surface area contributed by atoms with E-state index in [1.54, 1.807) is 31.4 Å². The predicted octanol–water partition coefficient (Wildman–Crippen LogP) is 3.09. The quantitative estimate of drug-likeness (QED) is 0.472. The first-order valence-electron chi connectivity index (χ1n) is 9.17. The molecule has 0 spiro atoms. The minimum atomic E-state index is -0.812. The third kappa shape index (κ3) is 5.85. The highest BCUT2D eigenvalue weighted by Crippen LogP contribution is 2.29. The highest BCUT2D eigenvalue weighted by atomic mass is 16.5. The van der Waals surface area contributed by atoms with Gasteiger partial charge in [0, 0.05) is 6.04 Å². The third-order valence-electron chi connectivity index (χ3n) is 5.15. The summed E-state index contributed by atoms with van der Waals surface area (Å²) in [4.78, 5) is 24.2. The van der Waals surface area contributed by atoms with Crippen molar-refractivity contribution >= 4 is 18.0 Å². The Morgan fingerprint density at radius 3 is 2.59 bits per heavy atom. The van der Waals surface area contributed by atoms with Crippen LogP contribution in [-0.2, 0) is 14.3 Å². The van der Waals surface area contributed by atoms with Crippen LogP contribution in [0.3, 0.4) is 0 Å². The minimum Gasteiger partial charge on any atom is -0.497 e. The van der Waals surface area contributed by atoms with Crippen molar-refractivity contribution in [3.63, 3.8) is 0 Å². The van der Waals surface area contributed by atoms with Crippen molar-refractivity contribution in [1.82, 2.24) is 5.32 Å². The maximum atomic E-state index is 12.1. The predicted molar refractivity (Wildman–Crippen MR) is 102 cm³/mol. The van der Waals surface area contributed by atoms with Gasteiger partial charge < -0.3 is 14.8 Å². The van der Waals surface area contributed by atoms with E-state index in [1.165, 1.54) is 12.5 Å². The van der Waals surface area contributed by atoms with E-state index in [2.05, 4.69) is 19.2 Å². The van der Waals surface area contributed by atoms with Crippen LogP contribution >= 0.6 is 0 Å². The van der Waals surface area contributed by atoms with Gasteiger partial charge in [-0.1, -0.05) is 38.8 Å². The number of hydrogen-bond donors (Lipinski definition) is 1. The molecule has 27 heavy (non-hydrogen) atoms. The molecule has 0 aromatic heterocycles. The van der Waals surface area contributed by atoms with E-state index in [4.69, 9.17) is 9.47 Å². The summed E-state index contributed by atoms with van der Waals surface area (Å²) in [7, 11) is 1.56. The maximum absolute atomic E-state index is 12.1. The van der Waals surface area contributed by atoms with Crippen molar-refractivity contribution < 1.29 is 19.1 Å². The molecule has 0 radical (unpaired) electrons. The van der Waals surface area contributed by atoms with Crippen molar-refractivity contribution in [2.45, 2.75) is 39.2 Å². The molecule has 0 aliphatic heterocycles. The maximum Gasteiger partial charge on any atom is 0.349 e. The highest BCUT2D eigenvalue weighted by molar-refractivity contribution is 5.98. The number of esters is 1. The fourth-order valence-electron chi connectivity index (χ4n) is 3.25. The first kappa shape index (κ1) is 20.5. The average Bonchev–Trinajstić information content (AvgIpc) is 2.68. The van der Waals surface area contributed by atoms with E-state index in [9.17, 15) is 14.9 Å². The second-order valence-electron chi connectivity index (χ2n) is 6.96. The smallest absolute Gasteiger partial charge is 0.349 e. The SMILES string of the molecule is COc1ccc(/C=C(\C#N)C(=O)OCC(=O)N[C@H]2CCC[C@@H](C)[C@H]2C)cc1. The molecule has 1 amide bonds. The molecular weight excluding hydrogens is 344 g/mol. The summed E-state index contributed by atoms with van der Waals surface area (Å²) in [5, 5.41) is 12.1. The van der Waals surface area contributed by atoms with Crippen LogP contribution < -0.4 is 10.1 Å². The number of nitrogens with zero attached hydrogens (tertiary/aromatic N) is 1. The van der Waals surface area contributed by atoms with Crippen LogP contribution in [-0.4, -0.2) is 31.6 Å². The summed E-state index contributed by atoms with van der Waals surface area (Å²) in [5.74, 6) is 0.480. The molecule has 0 unspecified atom stereocenters. The lowest BCUT2D eigenvalue weighted by atomic mass is 9.78. The van der Waals surface area contributed by atoms with Crippen molar-refractivity contribution in [3.05, 3.63) is 35.4 Å². The van der Waals surface area contributed by atoms with E-state index in [-0.39, 0.29) is 17.5 Å². The summed E-state index contributed by atoms with van der Waals surface area (Å²) in [5.41, 5.74) is 0.506. The molecule has 1 N–H and O–H groups in total. The van der Waals surface area contributed by atoms with Crippen LogP contribution in [0.2, 0.25) is 0 Å². The number of benzene rings is 1. The van der Waals surface area contributed by atoms with E-state index < -0.39 is 12.6 Å². The van der Waals surface area contributed by atoms with Gasteiger partial charge in [-0.2, -0.15) is 5.26 Å². The Hall–Kier alpha value is -2.81. The number of amides is 1. The van der Waals surface area contributed by atoms with Gasteiger partial charge in [0.1, 0.15) is 17.4 Å². The summed E-state index contributed by atoms with van der Waals surface area (Å²) < 4.78 is 10.1. The number of hydrogen-bond acceptors (Lipinski definition) is 5. The molecular formula is C21H26N2O4. The molecule has 1 fully saturated rings. The molecule has 144 valence electrons. The zero-order chi connectivity index (χ0) is 19.8. The second-order valence-corrected chi connectivity index (χ2v) is 6.96. The Morgan fingerprint density at radius 2 is 1.96 bits per heavy atom. The number of nitriles is 1. The van der Waals surface area contributed by atoms with Crippen molar-refractivity contribution in [3.8, 4) is 11.8 Å². The van der Waals surface area contributed by atoms with Gasteiger partial charge in [-0.3, -0.25) is 4.79 Å².